The van der Waals surface area contributed by atoms with E-state index in [0.717, 1.165) is 11.8 Å². The molecular formula is C23H20Cl2FN5O3. The Labute approximate surface area is 205 Å². The van der Waals surface area contributed by atoms with Gasteiger partial charge in [-0.3, -0.25) is 0 Å². The summed E-state index contributed by atoms with van der Waals surface area (Å²) in [6.45, 7) is 0.625. The molecule has 2 aromatic carbocycles. The average molecular weight is 504 g/mol. The van der Waals surface area contributed by atoms with E-state index in [1.54, 1.807) is 37.7 Å². The van der Waals surface area contributed by atoms with Crippen molar-refractivity contribution in [2.45, 2.75) is 13.0 Å². The fraction of sp³-hybridized carbons (Fsp3) is 0.217. The van der Waals surface area contributed by atoms with Crippen molar-refractivity contribution >= 4 is 45.6 Å². The molecule has 0 aliphatic rings. The largest absolute Gasteiger partial charge is 0.493 e. The molecule has 0 unspecified atom stereocenters. The van der Waals surface area contributed by atoms with E-state index in [1.165, 1.54) is 18.5 Å². The molecule has 0 atom stereocenters. The van der Waals surface area contributed by atoms with E-state index in [0.29, 0.717) is 46.6 Å². The van der Waals surface area contributed by atoms with Crippen LogP contribution in [0.5, 0.6) is 17.5 Å². The Hall–Kier alpha value is -3.43. The number of aromatic nitrogens is 4. The summed E-state index contributed by atoms with van der Waals surface area (Å²) >= 11 is 11.5. The Kier molecular flexibility index (Phi) is 7.76. The molecule has 2 aromatic heterocycles. The second-order valence-electron chi connectivity index (χ2n) is 7.05. The van der Waals surface area contributed by atoms with E-state index >= 15 is 0 Å². The molecule has 4 rings (SSSR count). The van der Waals surface area contributed by atoms with Crippen molar-refractivity contribution in [3.8, 4) is 17.5 Å². The molecule has 8 nitrogen and oxygen atoms in total. The molecule has 11 heteroatoms. The summed E-state index contributed by atoms with van der Waals surface area (Å²) in [7, 11) is 1.57. The third-order valence-corrected chi connectivity index (χ3v) is 5.26. The molecule has 0 aliphatic carbocycles. The second kappa shape index (κ2) is 11.1. The number of nitrogens with one attached hydrogen (secondary N) is 1. The van der Waals surface area contributed by atoms with Gasteiger partial charge in [0, 0.05) is 17.3 Å². The molecule has 0 spiro atoms. The van der Waals surface area contributed by atoms with Crippen molar-refractivity contribution in [1.82, 2.24) is 19.9 Å². The van der Waals surface area contributed by atoms with Gasteiger partial charge in [-0.2, -0.15) is 0 Å². The number of nitrogens with zero attached hydrogens (tertiary/aromatic N) is 4. The van der Waals surface area contributed by atoms with Crippen LogP contribution in [-0.2, 0) is 6.61 Å². The van der Waals surface area contributed by atoms with Gasteiger partial charge in [0.1, 0.15) is 24.6 Å². The lowest BCUT2D eigenvalue weighted by atomic mass is 10.2. The number of halogens is 3. The Bertz CT molecular complexity index is 1280. The van der Waals surface area contributed by atoms with Gasteiger partial charge in [0.2, 0.25) is 0 Å². The van der Waals surface area contributed by atoms with Gasteiger partial charge in [-0.1, -0.05) is 17.7 Å². The highest BCUT2D eigenvalue weighted by Gasteiger charge is 2.12. The van der Waals surface area contributed by atoms with Crippen LogP contribution in [0.25, 0.3) is 10.9 Å². The summed E-state index contributed by atoms with van der Waals surface area (Å²) in [5.74, 6) is 1.72. The van der Waals surface area contributed by atoms with Crippen molar-refractivity contribution in [2.75, 3.05) is 24.9 Å². The predicted molar refractivity (Wildman–Crippen MR) is 128 cm³/mol. The SMILES string of the molecule is COc1cc2c(Nc3cnc(OCc4ccc(F)c(Cl)c4)nc3)ncnc2cc1OCCCCl. The molecule has 34 heavy (non-hydrogen) atoms. The number of hydrogen-bond acceptors (Lipinski definition) is 8. The monoisotopic (exact) mass is 503 g/mol. The van der Waals surface area contributed by atoms with E-state index in [2.05, 4.69) is 25.3 Å². The van der Waals surface area contributed by atoms with Gasteiger partial charge >= 0.3 is 6.01 Å². The lowest BCUT2D eigenvalue weighted by molar-refractivity contribution is 0.280. The molecule has 0 aliphatic heterocycles. The van der Waals surface area contributed by atoms with Crippen LogP contribution in [0.4, 0.5) is 15.9 Å². The zero-order chi connectivity index (χ0) is 23.9. The number of methoxy groups -OCH3 is 1. The Balaban J connectivity index is 1.47. The van der Waals surface area contributed by atoms with Gasteiger partial charge in [0.25, 0.3) is 0 Å². The summed E-state index contributed by atoms with van der Waals surface area (Å²) in [5, 5.41) is 3.95. The first kappa shape index (κ1) is 23.7. The highest BCUT2D eigenvalue weighted by atomic mass is 35.5. The van der Waals surface area contributed by atoms with Gasteiger partial charge < -0.3 is 19.5 Å². The molecule has 176 valence electrons. The molecular weight excluding hydrogens is 484 g/mol. The van der Waals surface area contributed by atoms with Gasteiger partial charge in [-0.25, -0.2) is 24.3 Å². The van der Waals surface area contributed by atoms with Crippen LogP contribution in [0.3, 0.4) is 0 Å². The number of ether oxygens (including phenoxy) is 3. The van der Waals surface area contributed by atoms with E-state index in [-0.39, 0.29) is 17.6 Å². The van der Waals surface area contributed by atoms with E-state index < -0.39 is 5.82 Å². The summed E-state index contributed by atoms with van der Waals surface area (Å²) < 4.78 is 30.1. The van der Waals surface area contributed by atoms with Gasteiger partial charge in [-0.15, -0.1) is 11.6 Å². The molecule has 0 fully saturated rings. The quantitative estimate of drug-likeness (QED) is 0.222. The van der Waals surface area contributed by atoms with Crippen LogP contribution in [0.2, 0.25) is 5.02 Å². The third-order valence-electron chi connectivity index (χ3n) is 4.70. The van der Waals surface area contributed by atoms with E-state index in [1.807, 2.05) is 0 Å². The smallest absolute Gasteiger partial charge is 0.316 e. The van der Waals surface area contributed by atoms with Crippen molar-refractivity contribution in [3.05, 3.63) is 65.5 Å². The molecule has 0 saturated heterocycles. The van der Waals surface area contributed by atoms with E-state index in [9.17, 15) is 4.39 Å². The molecule has 1 N–H and O–H groups in total. The zero-order valence-corrected chi connectivity index (χ0v) is 19.6. The normalized spacial score (nSPS) is 10.8. The van der Waals surface area contributed by atoms with Crippen molar-refractivity contribution in [1.29, 1.82) is 0 Å². The first-order valence-electron chi connectivity index (χ1n) is 10.2. The highest BCUT2D eigenvalue weighted by molar-refractivity contribution is 6.30. The Morgan fingerprint density at radius 2 is 1.82 bits per heavy atom. The summed E-state index contributed by atoms with van der Waals surface area (Å²) in [6, 6.07) is 8.13. The van der Waals surface area contributed by atoms with Crippen LogP contribution >= 0.6 is 23.2 Å². The third kappa shape index (κ3) is 5.73. The van der Waals surface area contributed by atoms with E-state index in [4.69, 9.17) is 37.4 Å². The fourth-order valence-electron chi connectivity index (χ4n) is 3.04. The molecule has 0 saturated carbocycles. The first-order valence-corrected chi connectivity index (χ1v) is 11.2. The standard InChI is InChI=1S/C23H20Cl2FN5O3/c1-32-20-8-16-19(9-21(20)33-6-2-5-24)29-13-30-22(16)31-15-10-27-23(28-11-15)34-12-14-3-4-18(26)17(25)7-14/h3-4,7-11,13H,2,5-6,12H2,1H3,(H,29,30,31). The molecule has 2 heterocycles. The number of benzene rings is 2. The topological polar surface area (TPSA) is 91.3 Å². The maximum absolute atomic E-state index is 13.3. The summed E-state index contributed by atoms with van der Waals surface area (Å²) in [4.78, 5) is 17.1. The highest BCUT2D eigenvalue weighted by Crippen LogP contribution is 2.34. The lowest BCUT2D eigenvalue weighted by Gasteiger charge is -2.13. The second-order valence-corrected chi connectivity index (χ2v) is 7.84. The Morgan fingerprint density at radius 1 is 1.00 bits per heavy atom. The fourth-order valence-corrected chi connectivity index (χ4v) is 3.35. The summed E-state index contributed by atoms with van der Waals surface area (Å²) in [6.07, 6.45) is 5.30. The van der Waals surface area contributed by atoms with Crippen LogP contribution in [0, 0.1) is 5.82 Å². The number of alkyl halides is 1. The number of rotatable bonds is 10. The number of anilines is 2. The number of hydrogen-bond donors (Lipinski definition) is 1. The minimum absolute atomic E-state index is 0.0317. The van der Waals surface area contributed by atoms with Crippen LogP contribution in [0.15, 0.2) is 49.1 Å². The average Bonchev–Trinajstić information content (AvgIpc) is 2.85. The van der Waals surface area contributed by atoms with Crippen LogP contribution < -0.4 is 19.5 Å². The van der Waals surface area contributed by atoms with Crippen molar-refractivity contribution in [3.63, 3.8) is 0 Å². The van der Waals surface area contributed by atoms with Crippen molar-refractivity contribution in [2.24, 2.45) is 0 Å². The maximum atomic E-state index is 13.3. The van der Waals surface area contributed by atoms with Crippen molar-refractivity contribution < 1.29 is 18.6 Å². The number of fused-ring (bicyclic) bond motifs is 1. The zero-order valence-electron chi connectivity index (χ0n) is 18.1. The van der Waals surface area contributed by atoms with Crippen LogP contribution in [-0.4, -0.2) is 39.5 Å². The molecule has 0 radical (unpaired) electrons. The Morgan fingerprint density at radius 3 is 2.56 bits per heavy atom. The van der Waals surface area contributed by atoms with Gasteiger partial charge in [-0.05, 0) is 30.2 Å². The van der Waals surface area contributed by atoms with Gasteiger partial charge in [0.15, 0.2) is 11.5 Å². The lowest BCUT2D eigenvalue weighted by Crippen LogP contribution is -2.03. The maximum Gasteiger partial charge on any atom is 0.316 e. The molecule has 0 amide bonds. The minimum atomic E-state index is -0.484. The summed E-state index contributed by atoms with van der Waals surface area (Å²) in [5.41, 5.74) is 1.97. The molecule has 4 aromatic rings. The van der Waals surface area contributed by atoms with Gasteiger partial charge in [0.05, 0.1) is 42.3 Å². The predicted octanol–water partition coefficient (Wildman–Crippen LogP) is 5.55. The first-order chi connectivity index (χ1) is 16.6. The molecule has 0 bridgehead atoms. The minimum Gasteiger partial charge on any atom is -0.493 e. The van der Waals surface area contributed by atoms with Crippen LogP contribution in [0.1, 0.15) is 12.0 Å².